The van der Waals surface area contributed by atoms with Gasteiger partial charge in [0.05, 0.1) is 24.8 Å². The molecule has 1 amide bonds. The zero-order chi connectivity index (χ0) is 13.1. The molecule has 4 nitrogen and oxygen atoms in total. The zero-order valence-corrected chi connectivity index (χ0v) is 13.1. The van der Waals surface area contributed by atoms with Crippen LogP contribution in [0.4, 0.5) is 0 Å². The van der Waals surface area contributed by atoms with E-state index in [9.17, 15) is 4.79 Å². The van der Waals surface area contributed by atoms with Gasteiger partial charge in [-0.25, -0.2) is 0 Å². The van der Waals surface area contributed by atoms with Gasteiger partial charge in [-0.3, -0.25) is 4.79 Å². The molecule has 1 heterocycles. The number of amides is 1. The molecule has 0 aromatic heterocycles. The fourth-order valence-electron chi connectivity index (χ4n) is 1.74. The molecule has 94 valence electrons. The lowest BCUT2D eigenvalue weighted by Crippen LogP contribution is -2.45. The van der Waals surface area contributed by atoms with E-state index in [1.165, 1.54) is 0 Å². The van der Waals surface area contributed by atoms with Crippen molar-refractivity contribution in [3.63, 3.8) is 0 Å². The summed E-state index contributed by atoms with van der Waals surface area (Å²) in [5.74, 6) is -0.0516. The standard InChI is InChI=1S/C12H10BrIN2O2/c13-8-1-2-11(14)10(5-8)12(17)16-3-4-18-9(6-15)7-16/h1-2,5,9H,3-4,7H2. The van der Waals surface area contributed by atoms with Gasteiger partial charge >= 0.3 is 0 Å². The summed E-state index contributed by atoms with van der Waals surface area (Å²) in [4.78, 5) is 14.0. The first-order valence-corrected chi connectivity index (χ1v) is 7.24. The highest BCUT2D eigenvalue weighted by atomic mass is 127. The Morgan fingerprint density at radius 1 is 1.61 bits per heavy atom. The third-order valence-corrected chi connectivity index (χ3v) is 4.09. The van der Waals surface area contributed by atoms with Crippen LogP contribution in [-0.4, -0.2) is 36.6 Å². The second-order valence-electron chi connectivity index (χ2n) is 3.86. The van der Waals surface area contributed by atoms with Crippen LogP contribution in [-0.2, 0) is 4.74 Å². The van der Waals surface area contributed by atoms with Crippen LogP contribution in [0.25, 0.3) is 0 Å². The molecule has 18 heavy (non-hydrogen) atoms. The van der Waals surface area contributed by atoms with Crippen molar-refractivity contribution in [1.29, 1.82) is 5.26 Å². The summed E-state index contributed by atoms with van der Waals surface area (Å²) in [7, 11) is 0. The molecule has 0 saturated carbocycles. The van der Waals surface area contributed by atoms with E-state index in [4.69, 9.17) is 10.00 Å². The molecule has 1 aliphatic heterocycles. The van der Waals surface area contributed by atoms with Crippen molar-refractivity contribution in [1.82, 2.24) is 4.90 Å². The first kappa shape index (κ1) is 13.8. The molecule has 2 rings (SSSR count). The predicted octanol–water partition coefficient (Wildman–Crippen LogP) is 2.42. The SMILES string of the molecule is N#CC1CN(C(=O)c2cc(Br)ccc2I)CCO1. The molecule has 1 aromatic carbocycles. The van der Waals surface area contributed by atoms with E-state index in [0.29, 0.717) is 25.3 Å². The number of carbonyl (C=O) groups excluding carboxylic acids is 1. The number of rotatable bonds is 1. The average Bonchev–Trinajstić information content (AvgIpc) is 2.41. The number of hydrogen-bond donors (Lipinski definition) is 0. The van der Waals surface area contributed by atoms with E-state index in [1.54, 1.807) is 11.0 Å². The van der Waals surface area contributed by atoms with Gasteiger partial charge < -0.3 is 9.64 Å². The van der Waals surface area contributed by atoms with E-state index in [-0.39, 0.29) is 5.91 Å². The van der Waals surface area contributed by atoms with Gasteiger partial charge in [0.1, 0.15) is 0 Å². The highest BCUT2D eigenvalue weighted by Gasteiger charge is 2.25. The average molecular weight is 421 g/mol. The zero-order valence-electron chi connectivity index (χ0n) is 9.40. The van der Waals surface area contributed by atoms with Gasteiger partial charge in [0.2, 0.25) is 0 Å². The highest BCUT2D eigenvalue weighted by Crippen LogP contribution is 2.21. The van der Waals surface area contributed by atoms with E-state index in [0.717, 1.165) is 8.04 Å². The third-order valence-electron chi connectivity index (χ3n) is 2.66. The van der Waals surface area contributed by atoms with Crippen molar-refractivity contribution in [3.05, 3.63) is 31.8 Å². The Morgan fingerprint density at radius 2 is 2.39 bits per heavy atom. The van der Waals surface area contributed by atoms with Gasteiger partial charge in [0.15, 0.2) is 6.10 Å². The topological polar surface area (TPSA) is 53.3 Å². The second kappa shape index (κ2) is 5.99. The van der Waals surface area contributed by atoms with Gasteiger partial charge in [-0.05, 0) is 40.8 Å². The maximum absolute atomic E-state index is 12.4. The Bertz CT molecular complexity index is 515. The molecule has 0 aliphatic carbocycles. The summed E-state index contributed by atoms with van der Waals surface area (Å²) in [5, 5.41) is 8.84. The maximum atomic E-state index is 12.4. The van der Waals surface area contributed by atoms with Crippen molar-refractivity contribution < 1.29 is 9.53 Å². The fourth-order valence-corrected chi connectivity index (χ4v) is 2.67. The van der Waals surface area contributed by atoms with Crippen LogP contribution in [0.5, 0.6) is 0 Å². The molecule has 1 aromatic rings. The van der Waals surface area contributed by atoms with Gasteiger partial charge in [0.25, 0.3) is 5.91 Å². The van der Waals surface area contributed by atoms with Gasteiger partial charge in [-0.2, -0.15) is 5.26 Å². The maximum Gasteiger partial charge on any atom is 0.255 e. The lowest BCUT2D eigenvalue weighted by atomic mass is 10.2. The van der Waals surface area contributed by atoms with Gasteiger partial charge in [-0.15, -0.1) is 0 Å². The van der Waals surface area contributed by atoms with Crippen LogP contribution >= 0.6 is 38.5 Å². The second-order valence-corrected chi connectivity index (χ2v) is 5.94. The Hall–Kier alpha value is -0.650. The van der Waals surface area contributed by atoms with Gasteiger partial charge in [0, 0.05) is 14.6 Å². The molecular formula is C12H10BrIN2O2. The lowest BCUT2D eigenvalue weighted by Gasteiger charge is -2.30. The number of morpholine rings is 1. The number of carbonyl (C=O) groups is 1. The van der Waals surface area contributed by atoms with Crippen molar-refractivity contribution in [3.8, 4) is 6.07 Å². The van der Waals surface area contributed by atoms with E-state index < -0.39 is 6.10 Å². The Balaban J connectivity index is 2.21. The molecule has 1 saturated heterocycles. The van der Waals surface area contributed by atoms with Crippen molar-refractivity contribution in [2.45, 2.75) is 6.10 Å². The minimum atomic E-state index is -0.521. The summed E-state index contributed by atoms with van der Waals surface area (Å²) in [6, 6.07) is 7.63. The molecular weight excluding hydrogens is 411 g/mol. The molecule has 6 heteroatoms. The van der Waals surface area contributed by atoms with Crippen LogP contribution in [0.2, 0.25) is 0 Å². The van der Waals surface area contributed by atoms with Gasteiger partial charge in [-0.1, -0.05) is 15.9 Å². The number of benzene rings is 1. The lowest BCUT2D eigenvalue weighted by molar-refractivity contribution is 0.00341. The molecule has 0 spiro atoms. The van der Waals surface area contributed by atoms with Crippen LogP contribution in [0.15, 0.2) is 22.7 Å². The Morgan fingerprint density at radius 3 is 3.11 bits per heavy atom. The summed E-state index contributed by atoms with van der Waals surface area (Å²) in [5.41, 5.74) is 0.656. The van der Waals surface area contributed by atoms with E-state index in [1.807, 2.05) is 18.2 Å². The Kier molecular flexibility index (Phi) is 4.59. The van der Waals surface area contributed by atoms with Crippen molar-refractivity contribution in [2.75, 3.05) is 19.7 Å². The molecule has 1 aliphatic rings. The largest absolute Gasteiger partial charge is 0.360 e. The number of halogens is 2. The number of nitriles is 1. The highest BCUT2D eigenvalue weighted by molar-refractivity contribution is 14.1. The molecule has 1 unspecified atom stereocenters. The van der Waals surface area contributed by atoms with Crippen LogP contribution in [0.3, 0.4) is 0 Å². The summed E-state index contributed by atoms with van der Waals surface area (Å²) in [6.45, 7) is 1.27. The van der Waals surface area contributed by atoms with Crippen LogP contribution in [0.1, 0.15) is 10.4 Å². The van der Waals surface area contributed by atoms with Crippen LogP contribution < -0.4 is 0 Å². The third kappa shape index (κ3) is 3.02. The monoisotopic (exact) mass is 420 g/mol. The van der Waals surface area contributed by atoms with E-state index >= 15 is 0 Å². The first-order valence-electron chi connectivity index (χ1n) is 5.37. The number of nitrogens with zero attached hydrogens (tertiary/aromatic N) is 2. The fraction of sp³-hybridized carbons (Fsp3) is 0.333. The summed E-state index contributed by atoms with van der Waals surface area (Å²) >= 11 is 5.50. The summed E-state index contributed by atoms with van der Waals surface area (Å²) in [6.07, 6.45) is -0.521. The quantitative estimate of drug-likeness (QED) is 0.655. The molecule has 0 N–H and O–H groups in total. The molecule has 0 bridgehead atoms. The van der Waals surface area contributed by atoms with Crippen molar-refractivity contribution >= 4 is 44.4 Å². The molecule has 1 atom stereocenters. The van der Waals surface area contributed by atoms with Crippen LogP contribution in [0, 0.1) is 14.9 Å². The minimum absolute atomic E-state index is 0.0516. The summed E-state index contributed by atoms with van der Waals surface area (Å²) < 4.78 is 7.01. The molecule has 0 radical (unpaired) electrons. The number of hydrogen-bond acceptors (Lipinski definition) is 3. The van der Waals surface area contributed by atoms with E-state index in [2.05, 4.69) is 38.5 Å². The first-order chi connectivity index (χ1) is 8.61. The predicted molar refractivity (Wildman–Crippen MR) is 78.1 cm³/mol. The minimum Gasteiger partial charge on any atom is -0.360 e. The molecule has 1 fully saturated rings. The Labute approximate surface area is 127 Å². The smallest absolute Gasteiger partial charge is 0.255 e. The number of ether oxygens (including phenoxy) is 1. The normalized spacial score (nSPS) is 19.4. The van der Waals surface area contributed by atoms with Crippen molar-refractivity contribution in [2.24, 2.45) is 0 Å².